The average molecular weight is 232 g/mol. The molecule has 0 bridgehead atoms. The van der Waals surface area contributed by atoms with Gasteiger partial charge in [-0.05, 0) is 11.6 Å². The van der Waals surface area contributed by atoms with E-state index in [9.17, 15) is 18.0 Å². The number of halogens is 3. The predicted octanol–water partition coefficient (Wildman–Crippen LogP) is 2.46. The Kier molecular flexibility index (Phi) is 4.06. The number of ketones is 1. The Hall–Kier alpha value is -1.36. The summed E-state index contributed by atoms with van der Waals surface area (Å²) >= 11 is 0. The molecule has 0 unspecified atom stereocenters. The van der Waals surface area contributed by atoms with Crippen LogP contribution in [0, 0.1) is 0 Å². The summed E-state index contributed by atoms with van der Waals surface area (Å²) < 4.78 is 41.6. The molecule has 0 aromatic heterocycles. The largest absolute Gasteiger partial charge is 0.416 e. The van der Waals surface area contributed by atoms with E-state index in [0.717, 1.165) is 12.1 Å². The minimum absolute atomic E-state index is 0.0439. The van der Waals surface area contributed by atoms with Gasteiger partial charge in [0.1, 0.15) is 6.61 Å². The highest BCUT2D eigenvalue weighted by atomic mass is 19.4. The third-order valence-corrected chi connectivity index (χ3v) is 1.96. The maximum atomic E-state index is 12.3. The number of ether oxygens (including phenoxy) is 1. The van der Waals surface area contributed by atoms with Crippen molar-refractivity contribution in [1.82, 2.24) is 0 Å². The summed E-state index contributed by atoms with van der Waals surface area (Å²) in [5.41, 5.74) is -0.396. The number of hydrogen-bond acceptors (Lipinski definition) is 2. The van der Waals surface area contributed by atoms with Gasteiger partial charge in [-0.15, -0.1) is 0 Å². The molecule has 1 aromatic carbocycles. The summed E-state index contributed by atoms with van der Waals surface area (Å²) in [5, 5.41) is 0. The van der Waals surface area contributed by atoms with Gasteiger partial charge in [-0.2, -0.15) is 13.2 Å². The summed E-state index contributed by atoms with van der Waals surface area (Å²) in [6.45, 7) is -0.0871. The lowest BCUT2D eigenvalue weighted by atomic mass is 10.1. The summed E-state index contributed by atoms with van der Waals surface area (Å²) in [6.07, 6.45) is -4.42. The van der Waals surface area contributed by atoms with Gasteiger partial charge in [-0.3, -0.25) is 4.79 Å². The van der Waals surface area contributed by atoms with Crippen molar-refractivity contribution in [3.63, 3.8) is 0 Å². The van der Waals surface area contributed by atoms with Gasteiger partial charge in [0.25, 0.3) is 0 Å². The molecule has 16 heavy (non-hydrogen) atoms. The number of methoxy groups -OCH3 is 1. The molecule has 0 heterocycles. The van der Waals surface area contributed by atoms with Gasteiger partial charge in [-0.25, -0.2) is 0 Å². The molecule has 0 aliphatic carbocycles. The van der Waals surface area contributed by atoms with E-state index in [1.54, 1.807) is 0 Å². The molecule has 1 rings (SSSR count). The Bertz CT molecular complexity index is 372. The molecule has 2 nitrogen and oxygen atoms in total. The number of Topliss-reactive ketones (excluding diaryl/α,β-unsaturated/α-hetero) is 1. The Morgan fingerprint density at radius 2 is 2.06 bits per heavy atom. The highest BCUT2D eigenvalue weighted by molar-refractivity contribution is 5.82. The molecule has 0 aliphatic heterocycles. The first-order chi connectivity index (χ1) is 7.43. The molecule has 0 amide bonds. The summed E-state index contributed by atoms with van der Waals surface area (Å²) in [5.74, 6) is -0.248. The van der Waals surface area contributed by atoms with Crippen molar-refractivity contribution < 1.29 is 22.7 Å². The van der Waals surface area contributed by atoms with Gasteiger partial charge in [0.15, 0.2) is 5.78 Å². The maximum absolute atomic E-state index is 12.3. The van der Waals surface area contributed by atoms with E-state index >= 15 is 0 Å². The quantitative estimate of drug-likeness (QED) is 0.797. The van der Waals surface area contributed by atoms with Crippen molar-refractivity contribution in [1.29, 1.82) is 0 Å². The van der Waals surface area contributed by atoms with E-state index in [1.807, 2.05) is 0 Å². The van der Waals surface area contributed by atoms with E-state index in [1.165, 1.54) is 19.2 Å². The predicted molar refractivity (Wildman–Crippen MR) is 52.0 cm³/mol. The molecular formula is C11H11F3O2. The van der Waals surface area contributed by atoms with Gasteiger partial charge < -0.3 is 4.74 Å². The molecule has 0 N–H and O–H groups in total. The second-order valence-corrected chi connectivity index (χ2v) is 3.35. The van der Waals surface area contributed by atoms with Crippen molar-refractivity contribution >= 4 is 5.78 Å². The van der Waals surface area contributed by atoms with Crippen molar-refractivity contribution in [2.24, 2.45) is 0 Å². The van der Waals surface area contributed by atoms with E-state index in [0.29, 0.717) is 5.56 Å². The zero-order valence-corrected chi connectivity index (χ0v) is 8.67. The minimum Gasteiger partial charge on any atom is -0.377 e. The monoisotopic (exact) mass is 232 g/mol. The molecular weight excluding hydrogens is 221 g/mol. The van der Waals surface area contributed by atoms with Gasteiger partial charge in [0.2, 0.25) is 0 Å². The van der Waals surface area contributed by atoms with Crippen LogP contribution in [0.2, 0.25) is 0 Å². The summed E-state index contributed by atoms with van der Waals surface area (Å²) in [7, 11) is 1.37. The van der Waals surface area contributed by atoms with Crippen LogP contribution in [0.5, 0.6) is 0 Å². The first-order valence-electron chi connectivity index (χ1n) is 4.60. The minimum atomic E-state index is -4.37. The van der Waals surface area contributed by atoms with Crippen molar-refractivity contribution in [2.45, 2.75) is 12.6 Å². The van der Waals surface area contributed by atoms with Crippen LogP contribution in [0.15, 0.2) is 24.3 Å². The van der Waals surface area contributed by atoms with Crippen LogP contribution in [0.4, 0.5) is 13.2 Å². The first-order valence-corrected chi connectivity index (χ1v) is 4.60. The standard InChI is InChI=1S/C11H11F3O2/c1-16-7-10(15)6-8-3-2-4-9(5-8)11(12,13)14/h2-5H,6-7H2,1H3. The van der Waals surface area contributed by atoms with Crippen LogP contribution in [0.25, 0.3) is 0 Å². The van der Waals surface area contributed by atoms with E-state index in [-0.39, 0.29) is 18.8 Å². The lowest BCUT2D eigenvalue weighted by molar-refractivity contribution is -0.137. The van der Waals surface area contributed by atoms with E-state index < -0.39 is 11.7 Å². The van der Waals surface area contributed by atoms with Gasteiger partial charge in [-0.1, -0.05) is 18.2 Å². The Morgan fingerprint density at radius 3 is 2.62 bits per heavy atom. The van der Waals surface area contributed by atoms with Crippen LogP contribution >= 0.6 is 0 Å². The highest BCUT2D eigenvalue weighted by Crippen LogP contribution is 2.29. The fourth-order valence-corrected chi connectivity index (χ4v) is 1.30. The number of hydrogen-bond donors (Lipinski definition) is 0. The van der Waals surface area contributed by atoms with E-state index in [4.69, 9.17) is 0 Å². The van der Waals surface area contributed by atoms with Crippen LogP contribution in [0.1, 0.15) is 11.1 Å². The molecule has 0 atom stereocenters. The van der Waals surface area contributed by atoms with E-state index in [2.05, 4.69) is 4.74 Å². The number of carbonyl (C=O) groups is 1. The SMILES string of the molecule is COCC(=O)Cc1cccc(C(F)(F)F)c1. The Balaban J connectivity index is 2.79. The van der Waals surface area contributed by atoms with Crippen molar-refractivity contribution in [3.8, 4) is 0 Å². The third-order valence-electron chi connectivity index (χ3n) is 1.96. The molecule has 0 spiro atoms. The Labute approximate surface area is 91.0 Å². The summed E-state index contributed by atoms with van der Waals surface area (Å²) in [4.78, 5) is 11.2. The first kappa shape index (κ1) is 12.7. The Morgan fingerprint density at radius 1 is 1.38 bits per heavy atom. The van der Waals surface area contributed by atoms with Gasteiger partial charge in [0, 0.05) is 13.5 Å². The lowest BCUT2D eigenvalue weighted by Crippen LogP contribution is -2.11. The molecule has 0 saturated heterocycles. The second-order valence-electron chi connectivity index (χ2n) is 3.35. The average Bonchev–Trinajstić information content (AvgIpc) is 2.17. The summed E-state index contributed by atoms with van der Waals surface area (Å²) in [6, 6.07) is 4.74. The smallest absolute Gasteiger partial charge is 0.377 e. The molecule has 5 heteroatoms. The molecule has 0 aliphatic rings. The lowest BCUT2D eigenvalue weighted by Gasteiger charge is -2.08. The number of alkyl halides is 3. The maximum Gasteiger partial charge on any atom is 0.416 e. The van der Waals surface area contributed by atoms with Crippen molar-refractivity contribution in [2.75, 3.05) is 13.7 Å². The fraction of sp³-hybridized carbons (Fsp3) is 0.364. The van der Waals surface area contributed by atoms with Crippen LogP contribution in [0.3, 0.4) is 0 Å². The third kappa shape index (κ3) is 3.66. The van der Waals surface area contributed by atoms with Crippen LogP contribution < -0.4 is 0 Å². The zero-order chi connectivity index (χ0) is 12.2. The molecule has 0 fully saturated rings. The van der Waals surface area contributed by atoms with Gasteiger partial charge in [0.05, 0.1) is 5.56 Å². The second kappa shape index (κ2) is 5.12. The van der Waals surface area contributed by atoms with Crippen LogP contribution in [-0.4, -0.2) is 19.5 Å². The van der Waals surface area contributed by atoms with Crippen molar-refractivity contribution in [3.05, 3.63) is 35.4 Å². The van der Waals surface area contributed by atoms with Crippen LogP contribution in [-0.2, 0) is 22.1 Å². The van der Waals surface area contributed by atoms with Gasteiger partial charge >= 0.3 is 6.18 Å². The molecule has 0 radical (unpaired) electrons. The fourth-order valence-electron chi connectivity index (χ4n) is 1.30. The topological polar surface area (TPSA) is 26.3 Å². The zero-order valence-electron chi connectivity index (χ0n) is 8.67. The number of benzene rings is 1. The number of rotatable bonds is 4. The normalized spacial score (nSPS) is 11.5. The molecule has 1 aromatic rings. The molecule has 0 saturated carbocycles. The number of carbonyl (C=O) groups excluding carboxylic acids is 1. The highest BCUT2D eigenvalue weighted by Gasteiger charge is 2.30. The molecule has 88 valence electrons.